The lowest BCUT2D eigenvalue weighted by Gasteiger charge is -2.39. The van der Waals surface area contributed by atoms with Gasteiger partial charge in [0.1, 0.15) is 11.2 Å². The molecule has 7 nitrogen and oxygen atoms in total. The van der Waals surface area contributed by atoms with Crippen LogP contribution in [0.15, 0.2) is 54.9 Å². The highest BCUT2D eigenvalue weighted by molar-refractivity contribution is 6.03. The zero-order valence-electron chi connectivity index (χ0n) is 28.1. The number of aryl methyl sites for hydroxylation is 1. The van der Waals surface area contributed by atoms with Gasteiger partial charge in [-0.25, -0.2) is 0 Å². The molecule has 1 heterocycles. The zero-order valence-corrected chi connectivity index (χ0v) is 28.1. The number of ether oxygens (including phenoxy) is 2. The van der Waals surface area contributed by atoms with E-state index in [1.54, 1.807) is 7.11 Å². The number of benzene rings is 2. The summed E-state index contributed by atoms with van der Waals surface area (Å²) in [4.78, 5) is 28.1. The van der Waals surface area contributed by atoms with Gasteiger partial charge in [0, 0.05) is 11.8 Å². The van der Waals surface area contributed by atoms with Gasteiger partial charge in [-0.05, 0) is 110 Å². The Morgan fingerprint density at radius 2 is 1.74 bits per heavy atom. The minimum absolute atomic E-state index is 0.161. The summed E-state index contributed by atoms with van der Waals surface area (Å²) in [6.07, 6.45) is 14.4. The Balaban J connectivity index is 1.27. The van der Waals surface area contributed by atoms with Crippen LogP contribution in [0.5, 0.6) is 5.75 Å². The summed E-state index contributed by atoms with van der Waals surface area (Å²) in [5.41, 5.74) is 4.70. The average molecular weight is 626 g/mol. The van der Waals surface area contributed by atoms with Crippen molar-refractivity contribution in [1.29, 1.82) is 0 Å². The first kappa shape index (κ1) is 32.3. The summed E-state index contributed by atoms with van der Waals surface area (Å²) in [5.74, 6) is 1.37. The molecule has 3 fully saturated rings. The van der Waals surface area contributed by atoms with Gasteiger partial charge in [-0.3, -0.25) is 14.3 Å². The molecule has 3 aliphatic rings. The molecule has 3 saturated carbocycles. The first-order valence-electron chi connectivity index (χ1n) is 17.5. The maximum atomic E-state index is 14.4. The van der Waals surface area contributed by atoms with Crippen LogP contribution in [-0.4, -0.2) is 35.4 Å². The van der Waals surface area contributed by atoms with E-state index in [4.69, 9.17) is 9.47 Å². The molecule has 0 aliphatic heterocycles. The number of nitrogens with zero attached hydrogens (tertiary/aromatic N) is 2. The Hall–Kier alpha value is -3.61. The van der Waals surface area contributed by atoms with Crippen molar-refractivity contribution >= 4 is 11.9 Å². The lowest BCUT2D eigenvalue weighted by molar-refractivity contribution is -0.165. The van der Waals surface area contributed by atoms with Crippen molar-refractivity contribution < 1.29 is 19.1 Å². The number of hydrogen-bond acceptors (Lipinski definition) is 5. The predicted octanol–water partition coefficient (Wildman–Crippen LogP) is 8.48. The van der Waals surface area contributed by atoms with E-state index in [-0.39, 0.29) is 29.8 Å². The lowest BCUT2D eigenvalue weighted by Crippen LogP contribution is -2.50. The van der Waals surface area contributed by atoms with Gasteiger partial charge >= 0.3 is 5.97 Å². The number of hydrogen-bond donors (Lipinski definition) is 1. The van der Waals surface area contributed by atoms with Crippen molar-refractivity contribution in [2.24, 2.45) is 17.3 Å². The second-order valence-electron chi connectivity index (χ2n) is 14.5. The minimum Gasteiger partial charge on any atom is -0.496 e. The molecule has 0 spiro atoms. The van der Waals surface area contributed by atoms with Gasteiger partial charge in [-0.15, -0.1) is 0 Å². The van der Waals surface area contributed by atoms with Crippen LogP contribution in [0, 0.1) is 24.2 Å². The van der Waals surface area contributed by atoms with Crippen molar-refractivity contribution in [2.75, 3.05) is 13.7 Å². The number of aromatic nitrogens is 2. The summed E-state index contributed by atoms with van der Waals surface area (Å²) >= 11 is 0. The number of carbonyl (C=O) groups is 2. The smallest absolute Gasteiger partial charge is 0.321 e. The SMILES string of the molecule is COc1ccc(C2CCC(C(NC(=O)C3(C(=O)OCC(C)C)CCCCC3)c3cccc(-c4cnn(C5CC5)c4)c3)CC2)cc1C. The van der Waals surface area contributed by atoms with E-state index in [9.17, 15) is 9.59 Å². The van der Waals surface area contributed by atoms with Crippen LogP contribution in [0.4, 0.5) is 0 Å². The second-order valence-corrected chi connectivity index (χ2v) is 14.5. The third-order valence-corrected chi connectivity index (χ3v) is 10.6. The Kier molecular flexibility index (Phi) is 9.86. The monoisotopic (exact) mass is 625 g/mol. The van der Waals surface area contributed by atoms with E-state index in [1.165, 1.54) is 18.4 Å². The lowest BCUT2D eigenvalue weighted by atomic mass is 9.71. The molecule has 46 heavy (non-hydrogen) atoms. The van der Waals surface area contributed by atoms with E-state index < -0.39 is 5.41 Å². The Morgan fingerprint density at radius 3 is 2.41 bits per heavy atom. The molecule has 1 amide bonds. The number of methoxy groups -OCH3 is 1. The number of nitrogens with one attached hydrogen (secondary N) is 1. The topological polar surface area (TPSA) is 82.4 Å². The van der Waals surface area contributed by atoms with Gasteiger partial charge in [0.15, 0.2) is 0 Å². The van der Waals surface area contributed by atoms with Crippen molar-refractivity contribution in [3.8, 4) is 16.9 Å². The zero-order chi connectivity index (χ0) is 32.3. The first-order valence-corrected chi connectivity index (χ1v) is 17.5. The summed E-state index contributed by atoms with van der Waals surface area (Å²) in [5, 5.41) is 8.12. The maximum absolute atomic E-state index is 14.4. The van der Waals surface area contributed by atoms with Crippen LogP contribution in [0.25, 0.3) is 11.1 Å². The van der Waals surface area contributed by atoms with E-state index in [0.717, 1.165) is 72.9 Å². The number of carbonyl (C=O) groups excluding carboxylic acids is 2. The molecule has 3 aliphatic carbocycles. The van der Waals surface area contributed by atoms with E-state index in [2.05, 4.69) is 70.7 Å². The molecule has 1 N–H and O–H groups in total. The first-order chi connectivity index (χ1) is 22.3. The van der Waals surface area contributed by atoms with Gasteiger partial charge in [0.25, 0.3) is 0 Å². The normalized spacial score (nSPS) is 21.8. The highest BCUT2D eigenvalue weighted by atomic mass is 16.5. The standard InChI is InChI=1S/C39H51N3O4/c1-26(2)25-46-38(44)39(19-6-5-7-20-39)37(43)41-36(29-13-11-28(12-14-29)31-15-18-35(45-4)27(3)21-31)32-10-8-9-30(22-32)33-23-40-42(24-33)34-16-17-34/h8-10,15,18,21-24,26,28-29,34,36H,5-7,11-14,16-17,19-20,25H2,1-4H3,(H,41,43). The quantitative estimate of drug-likeness (QED) is 0.171. The second kappa shape index (κ2) is 14.0. The maximum Gasteiger partial charge on any atom is 0.321 e. The molecule has 246 valence electrons. The third-order valence-electron chi connectivity index (χ3n) is 10.6. The molecule has 0 bridgehead atoms. The largest absolute Gasteiger partial charge is 0.496 e. The van der Waals surface area contributed by atoms with Crippen molar-refractivity contribution in [2.45, 2.75) is 109 Å². The molecule has 6 rings (SSSR count). The van der Waals surface area contributed by atoms with Gasteiger partial charge < -0.3 is 14.8 Å². The molecule has 0 saturated heterocycles. The molecule has 1 aromatic heterocycles. The molecular formula is C39H51N3O4. The molecule has 1 unspecified atom stereocenters. The molecular weight excluding hydrogens is 574 g/mol. The van der Waals surface area contributed by atoms with E-state index in [1.807, 2.05) is 20.0 Å². The summed E-state index contributed by atoms with van der Waals surface area (Å²) in [6, 6.07) is 15.5. The highest BCUT2D eigenvalue weighted by Gasteiger charge is 2.49. The highest BCUT2D eigenvalue weighted by Crippen LogP contribution is 2.44. The van der Waals surface area contributed by atoms with Crippen LogP contribution < -0.4 is 10.1 Å². The number of rotatable bonds is 11. The Bertz CT molecular complexity index is 1510. The number of esters is 1. The van der Waals surface area contributed by atoms with Gasteiger partial charge in [0.2, 0.25) is 5.91 Å². The van der Waals surface area contributed by atoms with Crippen molar-refractivity contribution in [3.05, 3.63) is 71.5 Å². The molecule has 2 aromatic carbocycles. The van der Waals surface area contributed by atoms with Crippen LogP contribution >= 0.6 is 0 Å². The predicted molar refractivity (Wildman–Crippen MR) is 181 cm³/mol. The summed E-state index contributed by atoms with van der Waals surface area (Å²) < 4.78 is 13.4. The van der Waals surface area contributed by atoms with Gasteiger partial charge in [-0.2, -0.15) is 5.10 Å². The van der Waals surface area contributed by atoms with Crippen LogP contribution in [0.3, 0.4) is 0 Å². The van der Waals surface area contributed by atoms with Crippen LogP contribution in [0.1, 0.15) is 119 Å². The minimum atomic E-state index is -1.12. The number of amides is 1. The van der Waals surface area contributed by atoms with Gasteiger partial charge in [-0.1, -0.05) is 63.4 Å². The Labute approximate surface area is 274 Å². The fourth-order valence-corrected chi connectivity index (χ4v) is 7.69. The molecule has 7 heteroatoms. The van der Waals surface area contributed by atoms with Crippen LogP contribution in [0.2, 0.25) is 0 Å². The van der Waals surface area contributed by atoms with E-state index in [0.29, 0.717) is 31.4 Å². The fourth-order valence-electron chi connectivity index (χ4n) is 7.69. The molecule has 3 aromatic rings. The summed E-state index contributed by atoms with van der Waals surface area (Å²) in [6.45, 7) is 6.50. The molecule has 1 atom stereocenters. The van der Waals surface area contributed by atoms with Crippen molar-refractivity contribution in [3.63, 3.8) is 0 Å². The van der Waals surface area contributed by atoms with Crippen molar-refractivity contribution in [1.82, 2.24) is 15.1 Å². The fraction of sp³-hybridized carbons (Fsp3) is 0.564. The van der Waals surface area contributed by atoms with E-state index >= 15 is 0 Å². The average Bonchev–Trinajstić information content (AvgIpc) is 3.82. The summed E-state index contributed by atoms with van der Waals surface area (Å²) in [7, 11) is 1.72. The third kappa shape index (κ3) is 7.03. The Morgan fingerprint density at radius 1 is 0.978 bits per heavy atom. The molecule has 0 radical (unpaired) electrons. The van der Waals surface area contributed by atoms with Crippen LogP contribution in [-0.2, 0) is 14.3 Å². The van der Waals surface area contributed by atoms with Gasteiger partial charge in [0.05, 0.1) is 32.0 Å².